The first-order valence-corrected chi connectivity index (χ1v) is 7.37. The van der Waals surface area contributed by atoms with Gasteiger partial charge in [-0.2, -0.15) is 0 Å². The summed E-state index contributed by atoms with van der Waals surface area (Å²) in [6, 6.07) is 0.242. The van der Waals surface area contributed by atoms with Crippen molar-refractivity contribution in [3.05, 3.63) is 0 Å². The van der Waals surface area contributed by atoms with Crippen LogP contribution in [0.5, 0.6) is 0 Å². The Labute approximate surface area is 118 Å². The number of nitrogens with zero attached hydrogens (tertiary/aromatic N) is 1. The summed E-state index contributed by atoms with van der Waals surface area (Å²) < 4.78 is 4.96. The molecule has 2 unspecified atom stereocenters. The molecule has 0 radical (unpaired) electrons. The van der Waals surface area contributed by atoms with E-state index in [0.29, 0.717) is 12.5 Å². The number of carbonyl (C=O) groups is 1. The average molecular weight is 272 g/mol. The van der Waals surface area contributed by atoms with Gasteiger partial charge in [0, 0.05) is 19.1 Å². The Morgan fingerprint density at radius 1 is 1.32 bits per heavy atom. The molecule has 0 saturated carbocycles. The first-order chi connectivity index (χ1) is 8.78. The van der Waals surface area contributed by atoms with Gasteiger partial charge in [-0.05, 0) is 33.2 Å². The molecule has 0 spiro atoms. The first-order valence-electron chi connectivity index (χ1n) is 7.37. The molecule has 0 aliphatic carbocycles. The molecule has 0 aromatic carbocycles. The summed E-state index contributed by atoms with van der Waals surface area (Å²) in [7, 11) is 1.45. The van der Waals surface area contributed by atoms with Gasteiger partial charge in [0.15, 0.2) is 0 Å². The van der Waals surface area contributed by atoms with Gasteiger partial charge in [-0.25, -0.2) is 0 Å². The Balaban J connectivity index is 4.81. The highest BCUT2D eigenvalue weighted by Gasteiger charge is 2.36. The Hall–Kier alpha value is -0.610. The first kappa shape index (κ1) is 18.4. The fourth-order valence-electron chi connectivity index (χ4n) is 2.35. The summed E-state index contributed by atoms with van der Waals surface area (Å²) in [5, 5.41) is 3.35. The van der Waals surface area contributed by atoms with Crippen LogP contribution in [0.3, 0.4) is 0 Å². The van der Waals surface area contributed by atoms with E-state index in [1.165, 1.54) is 7.11 Å². The van der Waals surface area contributed by atoms with Gasteiger partial charge in [-0.1, -0.05) is 27.2 Å². The lowest BCUT2D eigenvalue weighted by molar-refractivity contribution is -0.149. The zero-order chi connectivity index (χ0) is 15.1. The lowest BCUT2D eigenvalue weighted by atomic mass is 9.99. The number of hydrogen-bond acceptors (Lipinski definition) is 4. The van der Waals surface area contributed by atoms with Crippen molar-refractivity contribution in [1.82, 2.24) is 10.2 Å². The van der Waals surface area contributed by atoms with Crippen LogP contribution in [0.1, 0.15) is 48.0 Å². The van der Waals surface area contributed by atoms with E-state index in [1.807, 2.05) is 20.8 Å². The molecule has 0 fully saturated rings. The second-order valence-corrected chi connectivity index (χ2v) is 5.96. The fourth-order valence-corrected chi connectivity index (χ4v) is 2.35. The minimum absolute atomic E-state index is 0.191. The molecule has 1 N–H and O–H groups in total. The number of nitrogens with one attached hydrogen (secondary N) is 1. The quantitative estimate of drug-likeness (QED) is 0.654. The number of ether oxygens (including phenoxy) is 1. The molecule has 0 rings (SSSR count). The standard InChI is InChI=1S/C15H32N2O2/c1-8-13(5)10-17(9-2)11-15(6,14(18)19-7)16-12(3)4/h12-13,16H,8-11H2,1-7H3. The molecular weight excluding hydrogens is 240 g/mol. The van der Waals surface area contributed by atoms with Crippen molar-refractivity contribution < 1.29 is 9.53 Å². The summed E-state index contributed by atoms with van der Waals surface area (Å²) >= 11 is 0. The van der Waals surface area contributed by atoms with E-state index < -0.39 is 5.54 Å². The molecule has 0 aliphatic rings. The van der Waals surface area contributed by atoms with Crippen molar-refractivity contribution in [1.29, 1.82) is 0 Å². The van der Waals surface area contributed by atoms with Gasteiger partial charge in [-0.3, -0.25) is 10.1 Å². The monoisotopic (exact) mass is 272 g/mol. The molecular formula is C15H32N2O2. The highest BCUT2D eigenvalue weighted by Crippen LogP contribution is 2.13. The lowest BCUT2D eigenvalue weighted by Crippen LogP contribution is -2.59. The van der Waals surface area contributed by atoms with E-state index in [-0.39, 0.29) is 12.0 Å². The summed E-state index contributed by atoms with van der Waals surface area (Å²) in [5.41, 5.74) is -0.646. The fraction of sp³-hybridized carbons (Fsp3) is 0.933. The molecule has 0 bridgehead atoms. The minimum Gasteiger partial charge on any atom is -0.468 e. The van der Waals surface area contributed by atoms with Crippen molar-refractivity contribution >= 4 is 5.97 Å². The third-order valence-electron chi connectivity index (χ3n) is 3.50. The van der Waals surface area contributed by atoms with E-state index >= 15 is 0 Å². The highest BCUT2D eigenvalue weighted by molar-refractivity contribution is 5.80. The number of methoxy groups -OCH3 is 1. The van der Waals surface area contributed by atoms with Crippen molar-refractivity contribution in [2.45, 2.75) is 59.5 Å². The maximum Gasteiger partial charge on any atom is 0.327 e. The predicted octanol–water partition coefficient (Wildman–Crippen LogP) is 2.28. The number of hydrogen-bond donors (Lipinski definition) is 1. The number of esters is 1. The molecule has 0 aromatic heterocycles. The van der Waals surface area contributed by atoms with Crippen molar-refractivity contribution in [3.63, 3.8) is 0 Å². The van der Waals surface area contributed by atoms with E-state index in [2.05, 4.69) is 31.0 Å². The number of rotatable bonds is 9. The number of likely N-dealkylation sites (N-methyl/N-ethyl adjacent to an activating group) is 1. The third kappa shape index (κ3) is 6.39. The predicted molar refractivity (Wildman–Crippen MR) is 80.3 cm³/mol. The lowest BCUT2D eigenvalue weighted by Gasteiger charge is -2.36. The molecule has 0 heterocycles. The van der Waals surface area contributed by atoms with Crippen molar-refractivity contribution in [2.75, 3.05) is 26.7 Å². The van der Waals surface area contributed by atoms with Crippen LogP contribution in [0.2, 0.25) is 0 Å². The molecule has 19 heavy (non-hydrogen) atoms. The van der Waals surface area contributed by atoms with Gasteiger partial charge < -0.3 is 9.64 Å². The van der Waals surface area contributed by atoms with Crippen LogP contribution in [0.15, 0.2) is 0 Å². The Kier molecular flexibility index (Phi) is 8.26. The van der Waals surface area contributed by atoms with Gasteiger partial charge in [0.1, 0.15) is 5.54 Å². The zero-order valence-electron chi connectivity index (χ0n) is 13.7. The van der Waals surface area contributed by atoms with Crippen LogP contribution in [0.4, 0.5) is 0 Å². The van der Waals surface area contributed by atoms with Crippen LogP contribution in [-0.2, 0) is 9.53 Å². The molecule has 0 saturated heterocycles. The summed E-state index contributed by atoms with van der Waals surface area (Å²) in [6.45, 7) is 15.2. The Bertz CT molecular complexity index is 269. The SMILES string of the molecule is CCC(C)CN(CC)CC(C)(NC(C)C)C(=O)OC. The zero-order valence-corrected chi connectivity index (χ0v) is 13.7. The molecule has 0 aromatic rings. The maximum absolute atomic E-state index is 12.1. The Morgan fingerprint density at radius 3 is 2.26 bits per heavy atom. The Morgan fingerprint density at radius 2 is 1.89 bits per heavy atom. The maximum atomic E-state index is 12.1. The third-order valence-corrected chi connectivity index (χ3v) is 3.50. The van der Waals surface area contributed by atoms with Crippen LogP contribution in [-0.4, -0.2) is 49.2 Å². The van der Waals surface area contributed by atoms with Gasteiger partial charge in [0.2, 0.25) is 0 Å². The van der Waals surface area contributed by atoms with Crippen molar-refractivity contribution in [2.24, 2.45) is 5.92 Å². The largest absolute Gasteiger partial charge is 0.468 e. The topological polar surface area (TPSA) is 41.6 Å². The second kappa shape index (κ2) is 8.54. The second-order valence-electron chi connectivity index (χ2n) is 5.96. The van der Waals surface area contributed by atoms with Crippen LogP contribution in [0.25, 0.3) is 0 Å². The van der Waals surface area contributed by atoms with Crippen LogP contribution >= 0.6 is 0 Å². The van der Waals surface area contributed by atoms with Gasteiger partial charge >= 0.3 is 5.97 Å². The van der Waals surface area contributed by atoms with Crippen molar-refractivity contribution in [3.8, 4) is 0 Å². The molecule has 4 heteroatoms. The summed E-state index contributed by atoms with van der Waals surface area (Å²) in [4.78, 5) is 14.4. The summed E-state index contributed by atoms with van der Waals surface area (Å²) in [6.07, 6.45) is 1.16. The van der Waals surface area contributed by atoms with Crippen LogP contribution < -0.4 is 5.32 Å². The molecule has 4 nitrogen and oxygen atoms in total. The number of carbonyl (C=O) groups excluding carboxylic acids is 1. The van der Waals surface area contributed by atoms with Gasteiger partial charge in [0.25, 0.3) is 0 Å². The normalized spacial score (nSPS) is 16.5. The minimum atomic E-state index is -0.646. The van der Waals surface area contributed by atoms with E-state index in [9.17, 15) is 4.79 Å². The van der Waals surface area contributed by atoms with E-state index in [4.69, 9.17) is 4.74 Å². The molecule has 114 valence electrons. The van der Waals surface area contributed by atoms with E-state index in [1.54, 1.807) is 0 Å². The average Bonchev–Trinajstić information content (AvgIpc) is 2.35. The van der Waals surface area contributed by atoms with Gasteiger partial charge in [0.05, 0.1) is 7.11 Å². The van der Waals surface area contributed by atoms with Gasteiger partial charge in [-0.15, -0.1) is 0 Å². The van der Waals surface area contributed by atoms with Crippen LogP contribution in [0, 0.1) is 5.92 Å². The summed E-state index contributed by atoms with van der Waals surface area (Å²) in [5.74, 6) is 0.449. The highest BCUT2D eigenvalue weighted by atomic mass is 16.5. The molecule has 0 amide bonds. The molecule has 2 atom stereocenters. The smallest absolute Gasteiger partial charge is 0.327 e. The van der Waals surface area contributed by atoms with E-state index in [0.717, 1.165) is 19.5 Å². The molecule has 0 aliphatic heterocycles.